The van der Waals surface area contributed by atoms with Gasteiger partial charge in [0.1, 0.15) is 5.75 Å². The summed E-state index contributed by atoms with van der Waals surface area (Å²) < 4.78 is 5.57. The minimum Gasteiger partial charge on any atom is -0.471 e. The summed E-state index contributed by atoms with van der Waals surface area (Å²) >= 11 is 11.9. The zero-order chi connectivity index (χ0) is 16.7. The molecule has 0 bridgehead atoms. The lowest BCUT2D eigenvalue weighted by molar-refractivity contribution is 0.177. The predicted octanol–water partition coefficient (Wildman–Crippen LogP) is 4.26. The molecule has 0 aliphatic rings. The average Bonchev–Trinajstić information content (AvgIpc) is 2.51. The second kappa shape index (κ2) is 8.65. The number of amides is 2. The van der Waals surface area contributed by atoms with Gasteiger partial charge in [0.05, 0.1) is 0 Å². The van der Waals surface area contributed by atoms with E-state index in [1.165, 1.54) is 0 Å². The number of halogens is 2. The summed E-state index contributed by atoms with van der Waals surface area (Å²) in [5.41, 5.74) is 1.000. The number of benzene rings is 2. The first-order valence-electron chi connectivity index (χ1n) is 7.24. The van der Waals surface area contributed by atoms with Gasteiger partial charge in [0.2, 0.25) is 0 Å². The highest BCUT2D eigenvalue weighted by atomic mass is 35.5. The molecule has 0 saturated heterocycles. The maximum Gasteiger partial charge on any atom is 0.317 e. The maximum atomic E-state index is 11.8. The highest BCUT2D eigenvalue weighted by molar-refractivity contribution is 6.31. The second-order valence-electron chi connectivity index (χ2n) is 4.96. The van der Waals surface area contributed by atoms with E-state index in [-0.39, 0.29) is 6.03 Å². The number of urea groups is 1. The first-order valence-corrected chi connectivity index (χ1v) is 8.00. The van der Waals surface area contributed by atoms with E-state index in [1.807, 2.05) is 24.3 Å². The molecule has 1 unspecified atom stereocenters. The molecule has 0 heterocycles. The summed E-state index contributed by atoms with van der Waals surface area (Å²) in [5, 5.41) is 6.82. The molecule has 0 fully saturated rings. The molecule has 4 nitrogen and oxygen atoms in total. The molecule has 0 aromatic heterocycles. The quantitative estimate of drug-likeness (QED) is 0.763. The smallest absolute Gasteiger partial charge is 0.317 e. The van der Waals surface area contributed by atoms with Gasteiger partial charge in [-0.15, -0.1) is 0 Å². The first-order chi connectivity index (χ1) is 11.0. The lowest BCUT2D eigenvalue weighted by Crippen LogP contribution is -2.43. The van der Waals surface area contributed by atoms with Crippen molar-refractivity contribution in [3.8, 4) is 5.75 Å². The fraction of sp³-hybridized carbons (Fsp3) is 0.235. The summed E-state index contributed by atoms with van der Waals surface area (Å²) in [6, 6.07) is 14.2. The first kappa shape index (κ1) is 17.4. The van der Waals surface area contributed by atoms with Crippen LogP contribution in [0.2, 0.25) is 10.0 Å². The van der Waals surface area contributed by atoms with Crippen molar-refractivity contribution in [2.45, 2.75) is 19.6 Å². The maximum absolute atomic E-state index is 11.8. The number of nitrogens with one attached hydrogen (secondary N) is 2. The van der Waals surface area contributed by atoms with Gasteiger partial charge in [-0.05, 0) is 49.2 Å². The van der Waals surface area contributed by atoms with Gasteiger partial charge in [0.25, 0.3) is 0 Å². The van der Waals surface area contributed by atoms with E-state index >= 15 is 0 Å². The van der Waals surface area contributed by atoms with Crippen molar-refractivity contribution in [1.82, 2.24) is 10.6 Å². The Morgan fingerprint density at radius 2 is 1.83 bits per heavy atom. The van der Waals surface area contributed by atoms with Gasteiger partial charge in [-0.25, -0.2) is 4.79 Å². The Kier molecular flexibility index (Phi) is 6.56. The van der Waals surface area contributed by atoms with Crippen molar-refractivity contribution >= 4 is 29.2 Å². The molecule has 2 aromatic carbocycles. The number of hydrogen-bond donors (Lipinski definition) is 2. The van der Waals surface area contributed by atoms with Crippen LogP contribution < -0.4 is 15.4 Å². The molecule has 6 heteroatoms. The molecular weight excluding hydrogens is 335 g/mol. The standard InChI is InChI=1S/C17H18Cl2N2O2/c1-12(23-15-8-6-14(18)7-9-15)21-17(22)20-11-10-13-4-2-3-5-16(13)19/h2-9,12H,10-11H2,1H3,(H2,20,21,22). The van der Waals surface area contributed by atoms with Crippen LogP contribution in [-0.4, -0.2) is 18.8 Å². The predicted molar refractivity (Wildman–Crippen MR) is 93.2 cm³/mol. The third-order valence-corrected chi connectivity index (χ3v) is 3.72. The Morgan fingerprint density at radius 1 is 1.13 bits per heavy atom. The van der Waals surface area contributed by atoms with Gasteiger partial charge >= 0.3 is 6.03 Å². The molecule has 2 rings (SSSR count). The molecule has 2 aromatic rings. The molecule has 0 aliphatic carbocycles. The van der Waals surface area contributed by atoms with Crippen molar-refractivity contribution in [2.24, 2.45) is 0 Å². The molecule has 0 saturated carbocycles. The van der Waals surface area contributed by atoms with E-state index < -0.39 is 6.23 Å². The lowest BCUT2D eigenvalue weighted by atomic mass is 10.1. The highest BCUT2D eigenvalue weighted by Gasteiger charge is 2.08. The summed E-state index contributed by atoms with van der Waals surface area (Å²) in [6.07, 6.45) is 0.205. The fourth-order valence-electron chi connectivity index (χ4n) is 1.99. The summed E-state index contributed by atoms with van der Waals surface area (Å²) in [4.78, 5) is 11.8. The average molecular weight is 353 g/mol. The van der Waals surface area contributed by atoms with Gasteiger partial charge in [0, 0.05) is 16.6 Å². The SMILES string of the molecule is CC(NC(=O)NCCc1ccccc1Cl)Oc1ccc(Cl)cc1. The van der Waals surface area contributed by atoms with Crippen LogP contribution >= 0.6 is 23.2 Å². The van der Waals surface area contributed by atoms with Crippen molar-refractivity contribution in [3.63, 3.8) is 0 Å². The minimum atomic E-state index is -0.462. The van der Waals surface area contributed by atoms with Crippen LogP contribution in [0.4, 0.5) is 4.79 Å². The van der Waals surface area contributed by atoms with Gasteiger partial charge in [-0.1, -0.05) is 41.4 Å². The van der Waals surface area contributed by atoms with Crippen LogP contribution in [0.3, 0.4) is 0 Å². The third kappa shape index (κ3) is 6.00. The summed E-state index contributed by atoms with van der Waals surface area (Å²) in [7, 11) is 0. The van der Waals surface area contributed by atoms with E-state index in [2.05, 4.69) is 10.6 Å². The number of carbonyl (C=O) groups excluding carboxylic acids is 1. The third-order valence-electron chi connectivity index (χ3n) is 3.10. The molecule has 122 valence electrons. The largest absolute Gasteiger partial charge is 0.471 e. The van der Waals surface area contributed by atoms with E-state index in [1.54, 1.807) is 31.2 Å². The van der Waals surface area contributed by atoms with Crippen LogP contribution in [0, 0.1) is 0 Å². The summed E-state index contributed by atoms with van der Waals surface area (Å²) in [6.45, 7) is 2.24. The van der Waals surface area contributed by atoms with Gasteiger partial charge in [-0.2, -0.15) is 0 Å². The molecule has 2 amide bonds. The second-order valence-corrected chi connectivity index (χ2v) is 5.80. The molecule has 0 aliphatic heterocycles. The molecular formula is C17H18Cl2N2O2. The minimum absolute atomic E-state index is 0.293. The number of ether oxygens (including phenoxy) is 1. The molecule has 2 N–H and O–H groups in total. The summed E-state index contributed by atoms with van der Waals surface area (Å²) in [5.74, 6) is 0.637. The van der Waals surface area contributed by atoms with Crippen molar-refractivity contribution in [3.05, 3.63) is 64.1 Å². The van der Waals surface area contributed by atoms with Crippen molar-refractivity contribution < 1.29 is 9.53 Å². The Balaban J connectivity index is 1.71. The zero-order valence-corrected chi connectivity index (χ0v) is 14.2. The Hall–Kier alpha value is -1.91. The molecule has 23 heavy (non-hydrogen) atoms. The topological polar surface area (TPSA) is 50.4 Å². The molecule has 0 radical (unpaired) electrons. The fourth-order valence-corrected chi connectivity index (χ4v) is 2.35. The number of hydrogen-bond acceptors (Lipinski definition) is 2. The Morgan fingerprint density at radius 3 is 2.52 bits per heavy atom. The van der Waals surface area contributed by atoms with E-state index in [4.69, 9.17) is 27.9 Å². The van der Waals surface area contributed by atoms with Crippen LogP contribution in [0.25, 0.3) is 0 Å². The number of rotatable bonds is 6. The van der Waals surface area contributed by atoms with Gasteiger partial charge in [-0.3, -0.25) is 0 Å². The van der Waals surface area contributed by atoms with Crippen LogP contribution in [0.5, 0.6) is 5.75 Å². The highest BCUT2D eigenvalue weighted by Crippen LogP contribution is 2.16. The van der Waals surface area contributed by atoms with E-state index in [0.717, 1.165) is 5.56 Å². The lowest BCUT2D eigenvalue weighted by Gasteiger charge is -2.17. The Bertz CT molecular complexity index is 647. The monoisotopic (exact) mass is 352 g/mol. The Labute approximate surface area is 145 Å². The van der Waals surface area contributed by atoms with E-state index in [0.29, 0.717) is 28.8 Å². The normalized spacial score (nSPS) is 11.6. The molecule has 0 spiro atoms. The van der Waals surface area contributed by atoms with Gasteiger partial charge in [0.15, 0.2) is 6.23 Å². The zero-order valence-electron chi connectivity index (χ0n) is 12.7. The van der Waals surface area contributed by atoms with Crippen molar-refractivity contribution in [1.29, 1.82) is 0 Å². The van der Waals surface area contributed by atoms with Crippen LogP contribution in [0.1, 0.15) is 12.5 Å². The van der Waals surface area contributed by atoms with Crippen LogP contribution in [0.15, 0.2) is 48.5 Å². The molecule has 1 atom stereocenters. The number of carbonyl (C=O) groups is 1. The van der Waals surface area contributed by atoms with Crippen molar-refractivity contribution in [2.75, 3.05) is 6.54 Å². The van der Waals surface area contributed by atoms with Gasteiger partial charge < -0.3 is 15.4 Å². The van der Waals surface area contributed by atoms with Crippen LogP contribution in [-0.2, 0) is 6.42 Å². The van der Waals surface area contributed by atoms with E-state index in [9.17, 15) is 4.79 Å².